The number of nitrogens with one attached hydrogen (secondary N) is 1. The van der Waals surface area contributed by atoms with Gasteiger partial charge >= 0.3 is 11.9 Å². The Kier molecular flexibility index (Phi) is 12.7. The van der Waals surface area contributed by atoms with Crippen molar-refractivity contribution >= 4 is 11.9 Å². The highest BCUT2D eigenvalue weighted by molar-refractivity contribution is 5.81. The lowest BCUT2D eigenvalue weighted by molar-refractivity contribution is -0.144. The monoisotopic (exact) mass is 299 g/mol. The molecule has 0 spiro atoms. The smallest absolute Gasteiger partial charge is 0.330 e. The van der Waals surface area contributed by atoms with Gasteiger partial charge in [-0.3, -0.25) is 4.79 Å². The zero-order valence-electron chi connectivity index (χ0n) is 13.5. The Hall–Kier alpha value is -1.36. The van der Waals surface area contributed by atoms with E-state index in [1.807, 2.05) is 6.92 Å². The molecule has 1 atom stereocenters. The second-order valence-corrected chi connectivity index (χ2v) is 4.83. The molecule has 1 unspecified atom stereocenters. The summed E-state index contributed by atoms with van der Waals surface area (Å²) in [5, 5.41) is 3.24. The molecule has 1 N–H and O–H groups in total. The highest BCUT2D eigenvalue weighted by atomic mass is 16.5. The maximum absolute atomic E-state index is 11.5. The van der Waals surface area contributed by atoms with Crippen LogP contribution >= 0.6 is 0 Å². The number of carbonyl (C=O) groups excluding carboxylic acids is 2. The summed E-state index contributed by atoms with van der Waals surface area (Å²) in [6, 6.07) is 0. The maximum Gasteiger partial charge on any atom is 0.330 e. The molecule has 0 rings (SSSR count). The van der Waals surface area contributed by atoms with Crippen LogP contribution in [0.5, 0.6) is 0 Å². The van der Waals surface area contributed by atoms with Gasteiger partial charge in [0.1, 0.15) is 0 Å². The quantitative estimate of drug-likeness (QED) is 0.341. The first-order valence-corrected chi connectivity index (χ1v) is 7.83. The minimum atomic E-state index is -0.326. The van der Waals surface area contributed by atoms with Crippen molar-refractivity contribution in [2.45, 2.75) is 46.5 Å². The minimum absolute atomic E-state index is 0.137. The van der Waals surface area contributed by atoms with Crippen molar-refractivity contribution in [1.82, 2.24) is 5.32 Å². The molecule has 5 heteroatoms. The minimum Gasteiger partial charge on any atom is -0.466 e. The summed E-state index contributed by atoms with van der Waals surface area (Å²) in [7, 11) is 0. The number of rotatable bonds is 12. The summed E-state index contributed by atoms with van der Waals surface area (Å²) in [5.41, 5.74) is 0. The van der Waals surface area contributed by atoms with Crippen molar-refractivity contribution in [1.29, 1.82) is 0 Å². The van der Waals surface area contributed by atoms with Gasteiger partial charge in [0.25, 0.3) is 0 Å². The number of unbranched alkanes of at least 4 members (excludes halogenated alkanes) is 1. The molecule has 0 amide bonds. The summed E-state index contributed by atoms with van der Waals surface area (Å²) in [6.07, 6.45) is 6.82. The Labute approximate surface area is 128 Å². The van der Waals surface area contributed by atoms with Gasteiger partial charge in [-0.1, -0.05) is 25.8 Å². The predicted octanol–water partition coefficient (Wildman–Crippen LogP) is 2.45. The van der Waals surface area contributed by atoms with Crippen LogP contribution in [0.15, 0.2) is 12.2 Å². The van der Waals surface area contributed by atoms with E-state index in [2.05, 4.69) is 12.2 Å². The van der Waals surface area contributed by atoms with Crippen LogP contribution in [0.1, 0.15) is 46.5 Å². The molecule has 0 saturated heterocycles. The summed E-state index contributed by atoms with van der Waals surface area (Å²) < 4.78 is 9.78. The van der Waals surface area contributed by atoms with Gasteiger partial charge in [0.2, 0.25) is 0 Å². The lowest BCUT2D eigenvalue weighted by atomic mass is 9.98. The molecule has 5 nitrogen and oxygen atoms in total. The Balaban J connectivity index is 3.99. The van der Waals surface area contributed by atoms with E-state index >= 15 is 0 Å². The van der Waals surface area contributed by atoms with Crippen LogP contribution in [-0.4, -0.2) is 38.2 Å². The maximum atomic E-state index is 11.5. The van der Waals surface area contributed by atoms with Gasteiger partial charge in [0.05, 0.1) is 13.2 Å². The van der Waals surface area contributed by atoms with E-state index in [9.17, 15) is 9.59 Å². The molecule has 0 aliphatic heterocycles. The van der Waals surface area contributed by atoms with Crippen molar-refractivity contribution in [3.63, 3.8) is 0 Å². The summed E-state index contributed by atoms with van der Waals surface area (Å²) in [6.45, 7) is 7.87. The van der Waals surface area contributed by atoms with E-state index in [1.165, 1.54) is 6.08 Å². The van der Waals surface area contributed by atoms with Crippen LogP contribution in [0.2, 0.25) is 0 Å². The number of ether oxygens (including phenoxy) is 2. The van der Waals surface area contributed by atoms with Crippen LogP contribution in [0, 0.1) is 5.92 Å². The second-order valence-electron chi connectivity index (χ2n) is 4.83. The molecule has 0 aromatic carbocycles. The van der Waals surface area contributed by atoms with Crippen LogP contribution in [0.25, 0.3) is 0 Å². The van der Waals surface area contributed by atoms with Crippen LogP contribution in [-0.2, 0) is 19.1 Å². The largest absolute Gasteiger partial charge is 0.466 e. The third-order valence-electron chi connectivity index (χ3n) is 2.96. The zero-order valence-corrected chi connectivity index (χ0v) is 13.5. The van der Waals surface area contributed by atoms with E-state index < -0.39 is 0 Å². The molecule has 0 aromatic rings. The number of esters is 2. The van der Waals surface area contributed by atoms with E-state index in [4.69, 9.17) is 9.47 Å². The van der Waals surface area contributed by atoms with Crippen LogP contribution < -0.4 is 5.32 Å². The lowest BCUT2D eigenvalue weighted by Gasteiger charge is -2.16. The van der Waals surface area contributed by atoms with Crippen molar-refractivity contribution < 1.29 is 19.1 Å². The molecule has 0 heterocycles. The average molecular weight is 299 g/mol. The van der Waals surface area contributed by atoms with Crippen molar-refractivity contribution in [3.05, 3.63) is 12.2 Å². The number of hydrogen-bond acceptors (Lipinski definition) is 5. The molecule has 0 aromatic heterocycles. The average Bonchev–Trinajstić information content (AvgIpc) is 2.44. The Morgan fingerprint density at radius 1 is 1.14 bits per heavy atom. The molecule has 0 saturated carbocycles. The number of carbonyl (C=O) groups is 2. The highest BCUT2D eigenvalue weighted by Gasteiger charge is 2.13. The van der Waals surface area contributed by atoms with Gasteiger partial charge in [-0.25, -0.2) is 4.79 Å². The normalized spacial score (nSPS) is 12.3. The van der Waals surface area contributed by atoms with Crippen LogP contribution in [0.3, 0.4) is 0 Å². The highest BCUT2D eigenvalue weighted by Crippen LogP contribution is 2.13. The van der Waals surface area contributed by atoms with Crippen molar-refractivity contribution in [2.75, 3.05) is 26.3 Å². The fourth-order valence-corrected chi connectivity index (χ4v) is 1.94. The molecule has 0 bridgehead atoms. The van der Waals surface area contributed by atoms with Gasteiger partial charge in [-0.05, 0) is 32.7 Å². The molecule has 122 valence electrons. The summed E-state index contributed by atoms with van der Waals surface area (Å²) >= 11 is 0. The Bertz CT molecular complexity index is 315. The summed E-state index contributed by atoms with van der Waals surface area (Å²) in [4.78, 5) is 22.6. The van der Waals surface area contributed by atoms with E-state index in [1.54, 1.807) is 13.0 Å². The molecule has 0 fully saturated rings. The van der Waals surface area contributed by atoms with E-state index in [0.717, 1.165) is 25.8 Å². The first kappa shape index (κ1) is 19.6. The van der Waals surface area contributed by atoms with Gasteiger partial charge in [-0.2, -0.15) is 0 Å². The predicted molar refractivity (Wildman–Crippen MR) is 82.9 cm³/mol. The van der Waals surface area contributed by atoms with Crippen molar-refractivity contribution in [2.24, 2.45) is 5.92 Å². The molecule has 0 aliphatic carbocycles. The molecular weight excluding hydrogens is 270 g/mol. The first-order valence-electron chi connectivity index (χ1n) is 7.83. The molecule has 21 heavy (non-hydrogen) atoms. The second kappa shape index (κ2) is 13.6. The fraction of sp³-hybridized carbons (Fsp3) is 0.750. The molecule has 0 radical (unpaired) electrons. The third-order valence-corrected chi connectivity index (χ3v) is 2.96. The van der Waals surface area contributed by atoms with Crippen molar-refractivity contribution in [3.8, 4) is 0 Å². The SMILES string of the molecule is CCCCC(CNC/C=C\C(=O)OCC)CC(=O)OCC. The van der Waals surface area contributed by atoms with Crippen LogP contribution in [0.4, 0.5) is 0 Å². The first-order chi connectivity index (χ1) is 10.1. The third kappa shape index (κ3) is 12.1. The van der Waals surface area contributed by atoms with E-state index in [0.29, 0.717) is 26.2 Å². The lowest BCUT2D eigenvalue weighted by Crippen LogP contribution is -2.25. The summed E-state index contributed by atoms with van der Waals surface area (Å²) in [5.74, 6) is -0.184. The van der Waals surface area contributed by atoms with Gasteiger partial charge in [0, 0.05) is 19.0 Å². The zero-order chi connectivity index (χ0) is 15.9. The van der Waals surface area contributed by atoms with Gasteiger partial charge in [-0.15, -0.1) is 0 Å². The fourth-order valence-electron chi connectivity index (χ4n) is 1.94. The Morgan fingerprint density at radius 3 is 2.48 bits per heavy atom. The molecule has 0 aliphatic rings. The standard InChI is InChI=1S/C16H29NO4/c1-4-7-9-14(12-16(19)21-6-3)13-17-11-8-10-15(18)20-5-2/h8,10,14,17H,4-7,9,11-13H2,1-3H3/b10-8-. The van der Waals surface area contributed by atoms with Gasteiger partial charge < -0.3 is 14.8 Å². The molecular formula is C16H29NO4. The Morgan fingerprint density at radius 2 is 1.86 bits per heavy atom. The van der Waals surface area contributed by atoms with Gasteiger partial charge in [0.15, 0.2) is 0 Å². The number of hydrogen-bond donors (Lipinski definition) is 1. The van der Waals surface area contributed by atoms with E-state index in [-0.39, 0.29) is 17.9 Å². The topological polar surface area (TPSA) is 64.6 Å².